The van der Waals surface area contributed by atoms with E-state index >= 15 is 0 Å². The van der Waals surface area contributed by atoms with Crippen LogP contribution in [0.25, 0.3) is 0 Å². The zero-order chi connectivity index (χ0) is 17.5. The number of aldehydes is 1. The zero-order valence-corrected chi connectivity index (χ0v) is 15.7. The van der Waals surface area contributed by atoms with Crippen molar-refractivity contribution in [3.05, 3.63) is 51.5 Å². The first-order valence-electron chi connectivity index (χ1n) is 7.80. The summed E-state index contributed by atoms with van der Waals surface area (Å²) in [4.78, 5) is 11.0. The van der Waals surface area contributed by atoms with Gasteiger partial charge in [-0.2, -0.15) is 0 Å². The quantitative estimate of drug-likeness (QED) is 0.480. The molecule has 0 amide bonds. The minimum absolute atomic E-state index is 0.368. The molecule has 2 rings (SSSR count). The number of aryl methyl sites for hydroxylation is 2. The van der Waals surface area contributed by atoms with Gasteiger partial charge in [0, 0.05) is 5.56 Å². The van der Waals surface area contributed by atoms with Gasteiger partial charge in [0.05, 0.1) is 11.1 Å². The summed E-state index contributed by atoms with van der Waals surface area (Å²) < 4.78 is 17.9. The Morgan fingerprint density at radius 3 is 2.21 bits per heavy atom. The van der Waals surface area contributed by atoms with Crippen molar-refractivity contribution < 1.29 is 19.0 Å². The summed E-state index contributed by atoms with van der Waals surface area (Å²) in [5.41, 5.74) is 2.73. The summed E-state index contributed by atoms with van der Waals surface area (Å²) in [6, 6.07) is 9.42. The van der Waals surface area contributed by atoms with Gasteiger partial charge in [0.2, 0.25) is 0 Å². The molecule has 0 N–H and O–H groups in total. The standard InChI is InChI=1S/C19H21BrO4/c1-4-22-17-11-15(12-21)10-16(20)19(17)24-9-8-23-18-13(2)6-5-7-14(18)3/h5-7,10-12H,4,8-9H2,1-3H3. The fraction of sp³-hybridized carbons (Fsp3) is 0.316. The van der Waals surface area contributed by atoms with Gasteiger partial charge < -0.3 is 14.2 Å². The third-order valence-corrected chi connectivity index (χ3v) is 4.04. The molecule has 4 nitrogen and oxygen atoms in total. The predicted octanol–water partition coefficient (Wildman–Crippen LogP) is 4.73. The SMILES string of the molecule is CCOc1cc(C=O)cc(Br)c1OCCOc1c(C)cccc1C. The van der Waals surface area contributed by atoms with Gasteiger partial charge in [-0.3, -0.25) is 4.79 Å². The van der Waals surface area contributed by atoms with E-state index in [1.54, 1.807) is 12.1 Å². The van der Waals surface area contributed by atoms with Crippen molar-refractivity contribution in [1.82, 2.24) is 0 Å². The Labute approximate surface area is 150 Å². The van der Waals surface area contributed by atoms with Crippen LogP contribution in [0.1, 0.15) is 28.4 Å². The number of carbonyl (C=O) groups is 1. The molecule has 0 saturated carbocycles. The molecule has 0 saturated heterocycles. The Balaban J connectivity index is 2.03. The Hall–Kier alpha value is -2.01. The van der Waals surface area contributed by atoms with Crippen LogP contribution in [0.2, 0.25) is 0 Å². The number of para-hydroxylation sites is 1. The van der Waals surface area contributed by atoms with E-state index in [1.807, 2.05) is 39.0 Å². The molecule has 0 spiro atoms. The van der Waals surface area contributed by atoms with Gasteiger partial charge in [0.15, 0.2) is 11.5 Å². The molecule has 2 aromatic carbocycles. The summed E-state index contributed by atoms with van der Waals surface area (Å²) in [6.07, 6.45) is 0.779. The lowest BCUT2D eigenvalue weighted by Crippen LogP contribution is -2.11. The molecular weight excluding hydrogens is 372 g/mol. The lowest BCUT2D eigenvalue weighted by atomic mass is 10.1. The molecule has 0 fully saturated rings. The van der Waals surface area contributed by atoms with Crippen LogP contribution < -0.4 is 14.2 Å². The van der Waals surface area contributed by atoms with Crippen LogP contribution in [-0.2, 0) is 0 Å². The molecule has 0 unspecified atom stereocenters. The fourth-order valence-electron chi connectivity index (χ4n) is 2.37. The summed E-state index contributed by atoms with van der Waals surface area (Å²) in [7, 11) is 0. The topological polar surface area (TPSA) is 44.8 Å². The maximum atomic E-state index is 11.0. The van der Waals surface area contributed by atoms with E-state index in [2.05, 4.69) is 15.9 Å². The van der Waals surface area contributed by atoms with Gasteiger partial charge in [-0.25, -0.2) is 0 Å². The van der Waals surface area contributed by atoms with Crippen molar-refractivity contribution in [3.8, 4) is 17.2 Å². The van der Waals surface area contributed by atoms with Crippen LogP contribution in [0.3, 0.4) is 0 Å². The highest BCUT2D eigenvalue weighted by Crippen LogP contribution is 2.36. The average molecular weight is 393 g/mol. The second-order valence-electron chi connectivity index (χ2n) is 5.30. The third kappa shape index (κ3) is 4.51. The van der Waals surface area contributed by atoms with Crippen LogP contribution >= 0.6 is 15.9 Å². The number of halogens is 1. The van der Waals surface area contributed by atoms with Crippen LogP contribution in [0, 0.1) is 13.8 Å². The molecule has 0 radical (unpaired) electrons. The largest absolute Gasteiger partial charge is 0.490 e. The average Bonchev–Trinajstić information content (AvgIpc) is 2.55. The molecule has 0 aliphatic rings. The number of rotatable bonds is 8. The smallest absolute Gasteiger partial charge is 0.175 e. The van der Waals surface area contributed by atoms with Gasteiger partial charge in [-0.15, -0.1) is 0 Å². The first kappa shape index (κ1) is 18.3. The Bertz CT molecular complexity index is 693. The van der Waals surface area contributed by atoms with Crippen molar-refractivity contribution in [3.63, 3.8) is 0 Å². The molecule has 0 aliphatic heterocycles. The van der Waals surface area contributed by atoms with E-state index in [1.165, 1.54) is 0 Å². The first-order chi connectivity index (χ1) is 11.6. The summed E-state index contributed by atoms with van der Waals surface area (Å²) in [5, 5.41) is 0. The summed E-state index contributed by atoms with van der Waals surface area (Å²) >= 11 is 3.42. The molecule has 128 valence electrons. The summed E-state index contributed by atoms with van der Waals surface area (Å²) in [6.45, 7) is 7.20. The maximum Gasteiger partial charge on any atom is 0.175 e. The normalized spacial score (nSPS) is 10.3. The lowest BCUT2D eigenvalue weighted by molar-refractivity contribution is 0.112. The van der Waals surface area contributed by atoms with Crippen molar-refractivity contribution in [2.45, 2.75) is 20.8 Å². The number of benzene rings is 2. The molecule has 0 atom stereocenters. The second kappa shape index (κ2) is 8.73. The molecular formula is C19H21BrO4. The molecule has 2 aromatic rings. The Morgan fingerprint density at radius 2 is 1.62 bits per heavy atom. The van der Waals surface area contributed by atoms with Gasteiger partial charge in [0.1, 0.15) is 25.2 Å². The summed E-state index contributed by atoms with van der Waals surface area (Å²) in [5.74, 6) is 2.01. The van der Waals surface area contributed by atoms with Crippen molar-refractivity contribution in [1.29, 1.82) is 0 Å². The molecule has 0 aromatic heterocycles. The third-order valence-electron chi connectivity index (χ3n) is 3.45. The van der Waals surface area contributed by atoms with Gasteiger partial charge in [-0.1, -0.05) is 18.2 Å². The van der Waals surface area contributed by atoms with Crippen molar-refractivity contribution >= 4 is 22.2 Å². The first-order valence-corrected chi connectivity index (χ1v) is 8.59. The monoisotopic (exact) mass is 392 g/mol. The van der Waals surface area contributed by atoms with E-state index in [0.717, 1.165) is 23.2 Å². The highest BCUT2D eigenvalue weighted by Gasteiger charge is 2.12. The van der Waals surface area contributed by atoms with Crippen molar-refractivity contribution in [2.24, 2.45) is 0 Å². The molecule has 0 aliphatic carbocycles. The Morgan fingerprint density at radius 1 is 1.00 bits per heavy atom. The highest BCUT2D eigenvalue weighted by atomic mass is 79.9. The second-order valence-corrected chi connectivity index (χ2v) is 6.15. The van der Waals surface area contributed by atoms with Crippen molar-refractivity contribution in [2.75, 3.05) is 19.8 Å². The van der Waals surface area contributed by atoms with Crippen LogP contribution in [0.4, 0.5) is 0 Å². The minimum atomic E-state index is 0.368. The van der Waals surface area contributed by atoms with E-state index < -0.39 is 0 Å². The number of hydrogen-bond acceptors (Lipinski definition) is 4. The van der Waals surface area contributed by atoms with E-state index in [0.29, 0.717) is 41.4 Å². The number of ether oxygens (including phenoxy) is 3. The number of carbonyl (C=O) groups excluding carboxylic acids is 1. The molecule has 0 bridgehead atoms. The van der Waals surface area contributed by atoms with Crippen LogP contribution in [0.15, 0.2) is 34.8 Å². The van der Waals surface area contributed by atoms with Gasteiger partial charge >= 0.3 is 0 Å². The van der Waals surface area contributed by atoms with E-state index in [4.69, 9.17) is 14.2 Å². The predicted molar refractivity (Wildman–Crippen MR) is 97.6 cm³/mol. The van der Waals surface area contributed by atoms with E-state index in [-0.39, 0.29) is 0 Å². The molecule has 24 heavy (non-hydrogen) atoms. The Kier molecular flexibility index (Phi) is 6.67. The van der Waals surface area contributed by atoms with Gasteiger partial charge in [0.25, 0.3) is 0 Å². The van der Waals surface area contributed by atoms with Gasteiger partial charge in [-0.05, 0) is 60.0 Å². The number of hydrogen-bond donors (Lipinski definition) is 0. The van der Waals surface area contributed by atoms with Crippen LogP contribution in [-0.4, -0.2) is 26.1 Å². The zero-order valence-electron chi connectivity index (χ0n) is 14.1. The van der Waals surface area contributed by atoms with E-state index in [9.17, 15) is 4.79 Å². The minimum Gasteiger partial charge on any atom is -0.490 e. The molecule has 5 heteroatoms. The highest BCUT2D eigenvalue weighted by molar-refractivity contribution is 9.10. The maximum absolute atomic E-state index is 11.0. The lowest BCUT2D eigenvalue weighted by Gasteiger charge is -2.16. The molecule has 0 heterocycles. The van der Waals surface area contributed by atoms with Crippen LogP contribution in [0.5, 0.6) is 17.2 Å². The fourth-order valence-corrected chi connectivity index (χ4v) is 2.95.